The number of anilines is 1. The molecule has 7 nitrogen and oxygen atoms in total. The maximum atomic E-state index is 13.4. The number of nitro benzene ring substituents is 1. The Kier molecular flexibility index (Phi) is 4.74. The highest BCUT2D eigenvalue weighted by atomic mass is 19.1. The molecule has 0 radical (unpaired) electrons. The Balaban J connectivity index is 1.80. The Labute approximate surface area is 148 Å². The second-order valence-electron chi connectivity index (χ2n) is 5.66. The van der Waals surface area contributed by atoms with E-state index in [1.54, 1.807) is 24.3 Å². The number of aromatic nitrogens is 2. The molecule has 0 bridgehead atoms. The van der Waals surface area contributed by atoms with Crippen LogP contribution in [0.25, 0.3) is 11.4 Å². The van der Waals surface area contributed by atoms with E-state index in [1.165, 1.54) is 24.3 Å². The number of nitrogens with one attached hydrogen (secondary N) is 1. The average molecular weight is 354 g/mol. The molecule has 2 N–H and O–H groups in total. The van der Waals surface area contributed by atoms with Crippen LogP contribution >= 0.6 is 0 Å². The van der Waals surface area contributed by atoms with E-state index in [1.807, 2.05) is 6.92 Å². The van der Waals surface area contributed by atoms with Gasteiger partial charge in [-0.25, -0.2) is 14.4 Å². The van der Waals surface area contributed by atoms with Crippen LogP contribution in [0.1, 0.15) is 11.3 Å². The number of non-ortho nitro benzene ring substituents is 1. The highest BCUT2D eigenvalue weighted by Gasteiger charge is 2.09. The van der Waals surface area contributed by atoms with E-state index in [-0.39, 0.29) is 5.69 Å². The van der Waals surface area contributed by atoms with E-state index in [0.717, 1.165) is 0 Å². The number of aromatic hydroxyl groups is 1. The van der Waals surface area contributed by atoms with Crippen molar-refractivity contribution in [1.29, 1.82) is 0 Å². The molecule has 0 spiro atoms. The summed E-state index contributed by atoms with van der Waals surface area (Å²) in [5.74, 6) is -0.111. The number of nitrogens with zero attached hydrogens (tertiary/aromatic N) is 3. The summed E-state index contributed by atoms with van der Waals surface area (Å²) in [5, 5.41) is 23.0. The van der Waals surface area contributed by atoms with Gasteiger partial charge in [-0.2, -0.15) is 0 Å². The zero-order valence-corrected chi connectivity index (χ0v) is 13.8. The lowest BCUT2D eigenvalue weighted by Crippen LogP contribution is -2.04. The number of phenolic OH excluding ortho intramolecular Hbond substituents is 1. The predicted molar refractivity (Wildman–Crippen MR) is 94.3 cm³/mol. The van der Waals surface area contributed by atoms with Gasteiger partial charge < -0.3 is 10.4 Å². The summed E-state index contributed by atoms with van der Waals surface area (Å²) in [7, 11) is 0. The molecule has 3 aromatic rings. The monoisotopic (exact) mass is 354 g/mol. The minimum Gasteiger partial charge on any atom is -0.505 e. The Morgan fingerprint density at radius 1 is 1.15 bits per heavy atom. The highest BCUT2D eigenvalue weighted by molar-refractivity contribution is 5.59. The zero-order valence-electron chi connectivity index (χ0n) is 13.8. The topological polar surface area (TPSA) is 101 Å². The van der Waals surface area contributed by atoms with E-state index < -0.39 is 16.5 Å². The number of benzene rings is 2. The third kappa shape index (κ3) is 3.92. The fourth-order valence-electron chi connectivity index (χ4n) is 2.37. The molecule has 0 unspecified atom stereocenters. The van der Waals surface area contributed by atoms with Gasteiger partial charge in [-0.3, -0.25) is 10.1 Å². The van der Waals surface area contributed by atoms with Gasteiger partial charge in [0.25, 0.3) is 5.69 Å². The third-order valence-corrected chi connectivity index (χ3v) is 3.68. The molecule has 0 aliphatic carbocycles. The average Bonchev–Trinajstić information content (AvgIpc) is 2.62. The van der Waals surface area contributed by atoms with E-state index in [9.17, 15) is 19.6 Å². The van der Waals surface area contributed by atoms with Crippen LogP contribution in [0.2, 0.25) is 0 Å². The number of phenols is 1. The molecule has 0 atom stereocenters. The van der Waals surface area contributed by atoms with Crippen molar-refractivity contribution < 1.29 is 14.4 Å². The fourth-order valence-corrected chi connectivity index (χ4v) is 2.37. The van der Waals surface area contributed by atoms with Crippen LogP contribution in [-0.4, -0.2) is 20.0 Å². The zero-order chi connectivity index (χ0) is 18.7. The summed E-state index contributed by atoms with van der Waals surface area (Å²) in [5.41, 5.74) is 2.01. The standard InChI is InChI=1S/C18H15FN4O3/c1-11-8-17(20-10-12-2-7-16(24)15(19)9-12)22-18(21-11)13-3-5-14(6-4-13)23(25)26/h2-9,24H,10H2,1H3,(H,20,21,22). The highest BCUT2D eigenvalue weighted by Crippen LogP contribution is 2.22. The fraction of sp³-hybridized carbons (Fsp3) is 0.111. The first-order valence-electron chi connectivity index (χ1n) is 7.74. The van der Waals surface area contributed by atoms with Gasteiger partial charge in [-0.15, -0.1) is 0 Å². The summed E-state index contributed by atoms with van der Waals surface area (Å²) in [6.07, 6.45) is 0. The van der Waals surface area contributed by atoms with Gasteiger partial charge in [-0.05, 0) is 36.8 Å². The summed E-state index contributed by atoms with van der Waals surface area (Å²) < 4.78 is 13.4. The van der Waals surface area contributed by atoms with Crippen LogP contribution in [0.3, 0.4) is 0 Å². The van der Waals surface area contributed by atoms with Crippen LogP contribution in [0.4, 0.5) is 15.9 Å². The Bertz CT molecular complexity index is 961. The number of hydrogen-bond donors (Lipinski definition) is 2. The lowest BCUT2D eigenvalue weighted by atomic mass is 10.2. The summed E-state index contributed by atoms with van der Waals surface area (Å²) in [6.45, 7) is 2.12. The maximum Gasteiger partial charge on any atom is 0.269 e. The lowest BCUT2D eigenvalue weighted by Gasteiger charge is -2.09. The quantitative estimate of drug-likeness (QED) is 0.533. The SMILES string of the molecule is Cc1cc(NCc2ccc(O)c(F)c2)nc(-c2ccc([N+](=O)[O-])cc2)n1. The number of nitro groups is 1. The first-order chi connectivity index (χ1) is 12.4. The van der Waals surface area contributed by atoms with Gasteiger partial charge in [-0.1, -0.05) is 6.07 Å². The molecular weight excluding hydrogens is 339 g/mol. The summed E-state index contributed by atoms with van der Waals surface area (Å²) in [4.78, 5) is 19.0. The molecular formula is C18H15FN4O3. The minimum absolute atomic E-state index is 0.00546. The molecule has 0 saturated carbocycles. The van der Waals surface area contributed by atoms with Crippen molar-refractivity contribution >= 4 is 11.5 Å². The lowest BCUT2D eigenvalue weighted by molar-refractivity contribution is -0.384. The molecule has 1 heterocycles. The predicted octanol–water partition coefficient (Wildman–Crippen LogP) is 3.82. The number of halogens is 1. The molecule has 0 fully saturated rings. The van der Waals surface area contributed by atoms with Crippen LogP contribution in [0, 0.1) is 22.9 Å². The van der Waals surface area contributed by atoms with Crippen molar-refractivity contribution in [3.05, 3.63) is 75.7 Å². The van der Waals surface area contributed by atoms with Gasteiger partial charge in [0, 0.05) is 36.0 Å². The van der Waals surface area contributed by atoms with Gasteiger partial charge in [0.15, 0.2) is 17.4 Å². The first-order valence-corrected chi connectivity index (χ1v) is 7.74. The Hall–Kier alpha value is -3.55. The van der Waals surface area contributed by atoms with E-state index in [2.05, 4.69) is 15.3 Å². The van der Waals surface area contributed by atoms with E-state index >= 15 is 0 Å². The smallest absolute Gasteiger partial charge is 0.269 e. The van der Waals surface area contributed by atoms with Gasteiger partial charge in [0.05, 0.1) is 4.92 Å². The summed E-state index contributed by atoms with van der Waals surface area (Å²) in [6, 6.07) is 11.9. The molecule has 0 aliphatic heterocycles. The molecule has 2 aromatic carbocycles. The maximum absolute atomic E-state index is 13.4. The van der Waals surface area contributed by atoms with E-state index in [0.29, 0.717) is 35.0 Å². The summed E-state index contributed by atoms with van der Waals surface area (Å²) >= 11 is 0. The normalized spacial score (nSPS) is 10.5. The molecule has 132 valence electrons. The molecule has 8 heteroatoms. The van der Waals surface area contributed by atoms with Crippen molar-refractivity contribution in [2.24, 2.45) is 0 Å². The molecule has 0 amide bonds. The van der Waals surface area contributed by atoms with Crippen molar-refractivity contribution in [2.45, 2.75) is 13.5 Å². The molecule has 3 rings (SSSR count). The molecule has 0 saturated heterocycles. The van der Waals surface area contributed by atoms with Crippen molar-refractivity contribution in [2.75, 3.05) is 5.32 Å². The first kappa shape index (κ1) is 17.3. The Morgan fingerprint density at radius 3 is 2.54 bits per heavy atom. The van der Waals surface area contributed by atoms with Gasteiger partial charge in [0.2, 0.25) is 0 Å². The molecule has 1 aromatic heterocycles. The third-order valence-electron chi connectivity index (χ3n) is 3.68. The second-order valence-corrected chi connectivity index (χ2v) is 5.66. The number of hydrogen-bond acceptors (Lipinski definition) is 6. The second kappa shape index (κ2) is 7.14. The number of aryl methyl sites for hydroxylation is 1. The van der Waals surface area contributed by atoms with Crippen LogP contribution < -0.4 is 5.32 Å². The van der Waals surface area contributed by atoms with E-state index in [4.69, 9.17) is 0 Å². The van der Waals surface area contributed by atoms with Crippen LogP contribution in [0.15, 0.2) is 48.5 Å². The number of rotatable bonds is 5. The van der Waals surface area contributed by atoms with Gasteiger partial charge >= 0.3 is 0 Å². The van der Waals surface area contributed by atoms with Gasteiger partial charge in [0.1, 0.15) is 5.82 Å². The minimum atomic E-state index is -0.685. The Morgan fingerprint density at radius 2 is 1.88 bits per heavy atom. The molecule has 0 aliphatic rings. The van der Waals surface area contributed by atoms with Crippen LogP contribution in [0.5, 0.6) is 5.75 Å². The molecule has 26 heavy (non-hydrogen) atoms. The van der Waals surface area contributed by atoms with Crippen molar-refractivity contribution in [1.82, 2.24) is 9.97 Å². The van der Waals surface area contributed by atoms with Crippen molar-refractivity contribution in [3.8, 4) is 17.1 Å². The van der Waals surface area contributed by atoms with Crippen LogP contribution in [-0.2, 0) is 6.54 Å². The largest absolute Gasteiger partial charge is 0.505 e. The van der Waals surface area contributed by atoms with Crippen molar-refractivity contribution in [3.63, 3.8) is 0 Å².